The normalized spacial score (nSPS) is 19.0. The van der Waals surface area contributed by atoms with Crippen molar-refractivity contribution in [1.29, 1.82) is 0 Å². The van der Waals surface area contributed by atoms with Crippen molar-refractivity contribution < 1.29 is 5.11 Å². The van der Waals surface area contributed by atoms with Gasteiger partial charge in [0.25, 0.3) is 0 Å². The Labute approximate surface area is 161 Å². The van der Waals surface area contributed by atoms with Gasteiger partial charge in [-0.15, -0.1) is 0 Å². The first-order valence-electron chi connectivity index (χ1n) is 9.26. The molecule has 4 heteroatoms. The summed E-state index contributed by atoms with van der Waals surface area (Å²) < 4.78 is 0. The summed E-state index contributed by atoms with van der Waals surface area (Å²) in [6.45, 7) is 10.1. The molecule has 1 aliphatic heterocycles. The van der Waals surface area contributed by atoms with Crippen molar-refractivity contribution >= 4 is 29.2 Å². The molecule has 3 nitrogen and oxygen atoms in total. The lowest BCUT2D eigenvalue weighted by molar-refractivity contribution is 0.376. The fraction of sp³-hybridized carbons (Fsp3) is 0.409. The second kappa shape index (κ2) is 7.32. The summed E-state index contributed by atoms with van der Waals surface area (Å²) in [5.41, 5.74) is 4.11. The molecule has 1 atom stereocenters. The van der Waals surface area contributed by atoms with Crippen LogP contribution >= 0.6 is 11.6 Å². The van der Waals surface area contributed by atoms with Gasteiger partial charge < -0.3 is 10.0 Å². The van der Waals surface area contributed by atoms with Gasteiger partial charge in [0, 0.05) is 29.5 Å². The molecule has 1 unspecified atom stereocenters. The molecule has 1 aliphatic rings. The van der Waals surface area contributed by atoms with Gasteiger partial charge in [0.2, 0.25) is 0 Å². The molecule has 0 aromatic heterocycles. The van der Waals surface area contributed by atoms with Gasteiger partial charge in [-0.25, -0.2) is 0 Å². The van der Waals surface area contributed by atoms with E-state index in [0.717, 1.165) is 24.9 Å². The molecule has 0 fully saturated rings. The number of benzene rings is 2. The lowest BCUT2D eigenvalue weighted by Gasteiger charge is -2.47. The number of halogens is 1. The minimum atomic E-state index is 0.122. The number of phenols is 1. The summed E-state index contributed by atoms with van der Waals surface area (Å²) in [5.74, 6) is 0.629. The summed E-state index contributed by atoms with van der Waals surface area (Å²) in [6.07, 6.45) is 3.96. The molecular formula is C22H27ClN2O. The molecule has 1 heterocycles. The number of aromatic hydroxyl groups is 1. The average molecular weight is 371 g/mol. The van der Waals surface area contributed by atoms with Crippen LogP contribution in [-0.4, -0.2) is 23.4 Å². The molecule has 0 bridgehead atoms. The minimum Gasteiger partial charge on any atom is -0.506 e. The summed E-state index contributed by atoms with van der Waals surface area (Å²) in [5, 5.41) is 10.6. The van der Waals surface area contributed by atoms with Crippen LogP contribution in [0.4, 0.5) is 11.4 Å². The van der Waals surface area contributed by atoms with Gasteiger partial charge in [0.1, 0.15) is 11.4 Å². The number of rotatable bonds is 4. The van der Waals surface area contributed by atoms with Crippen molar-refractivity contribution in [3.8, 4) is 5.75 Å². The van der Waals surface area contributed by atoms with Crippen molar-refractivity contribution in [2.75, 3.05) is 11.4 Å². The monoisotopic (exact) mass is 370 g/mol. The van der Waals surface area contributed by atoms with E-state index in [1.54, 1.807) is 24.4 Å². The van der Waals surface area contributed by atoms with E-state index >= 15 is 0 Å². The van der Waals surface area contributed by atoms with E-state index in [-0.39, 0.29) is 11.3 Å². The summed E-state index contributed by atoms with van der Waals surface area (Å²) in [4.78, 5) is 6.91. The van der Waals surface area contributed by atoms with E-state index in [1.807, 2.05) is 6.07 Å². The molecular weight excluding hydrogens is 344 g/mol. The lowest BCUT2D eigenvalue weighted by atomic mass is 9.79. The molecule has 0 saturated heterocycles. The summed E-state index contributed by atoms with van der Waals surface area (Å²) in [7, 11) is 0. The van der Waals surface area contributed by atoms with E-state index in [1.165, 1.54) is 11.3 Å². The van der Waals surface area contributed by atoms with Crippen molar-refractivity contribution in [2.24, 2.45) is 4.99 Å². The highest BCUT2D eigenvalue weighted by molar-refractivity contribution is 6.33. The van der Waals surface area contributed by atoms with Gasteiger partial charge in [-0.2, -0.15) is 0 Å². The third kappa shape index (κ3) is 3.59. The van der Waals surface area contributed by atoms with E-state index in [4.69, 9.17) is 11.6 Å². The highest BCUT2D eigenvalue weighted by atomic mass is 35.5. The van der Waals surface area contributed by atoms with Crippen LogP contribution in [0, 0.1) is 0 Å². The third-order valence-corrected chi connectivity index (χ3v) is 5.50. The quantitative estimate of drug-likeness (QED) is 0.641. The molecule has 0 aliphatic carbocycles. The van der Waals surface area contributed by atoms with Crippen molar-refractivity contribution in [1.82, 2.24) is 0 Å². The number of para-hydroxylation sites is 2. The Balaban J connectivity index is 2.02. The lowest BCUT2D eigenvalue weighted by Crippen LogP contribution is -2.48. The zero-order valence-corrected chi connectivity index (χ0v) is 16.7. The fourth-order valence-electron chi connectivity index (χ4n) is 3.98. The largest absolute Gasteiger partial charge is 0.506 e. The first kappa shape index (κ1) is 18.8. The molecule has 2 aromatic rings. The first-order chi connectivity index (χ1) is 12.3. The number of phenolic OH excluding ortho intramolecular Hbond substituents is 1. The number of hydrogen-bond acceptors (Lipinski definition) is 3. The summed E-state index contributed by atoms with van der Waals surface area (Å²) >= 11 is 6.59. The zero-order chi connectivity index (χ0) is 18.9. The van der Waals surface area contributed by atoms with Crippen LogP contribution in [0.5, 0.6) is 5.75 Å². The minimum absolute atomic E-state index is 0.122. The van der Waals surface area contributed by atoms with Gasteiger partial charge in [0.05, 0.1) is 5.02 Å². The zero-order valence-electron chi connectivity index (χ0n) is 16.0. The van der Waals surface area contributed by atoms with E-state index in [2.05, 4.69) is 49.7 Å². The fourth-order valence-corrected chi connectivity index (χ4v) is 4.19. The number of nitrogens with zero attached hydrogens (tertiary/aromatic N) is 2. The Bertz CT molecular complexity index is 829. The van der Waals surface area contributed by atoms with Gasteiger partial charge in [-0.1, -0.05) is 37.6 Å². The Morgan fingerprint density at radius 2 is 2.04 bits per heavy atom. The molecule has 1 N–H and O–H groups in total. The number of anilines is 1. The number of hydrogen-bond donors (Lipinski definition) is 1. The van der Waals surface area contributed by atoms with Crippen LogP contribution in [0.1, 0.15) is 57.6 Å². The SMILES string of the molecule is CCCN1c2cc(Cl)c(C=Nc3ccccc3O)cc2C(C)CC1(C)C. The molecule has 138 valence electrons. The van der Waals surface area contributed by atoms with Crippen LogP contribution < -0.4 is 4.90 Å². The maximum atomic E-state index is 9.89. The van der Waals surface area contributed by atoms with Gasteiger partial charge in [-0.05, 0) is 62.4 Å². The predicted octanol–water partition coefficient (Wildman–Crippen LogP) is 6.30. The van der Waals surface area contributed by atoms with Crippen LogP contribution in [0.3, 0.4) is 0 Å². The van der Waals surface area contributed by atoms with E-state index in [9.17, 15) is 5.11 Å². The van der Waals surface area contributed by atoms with E-state index in [0.29, 0.717) is 16.6 Å². The van der Waals surface area contributed by atoms with Gasteiger partial charge in [0.15, 0.2) is 0 Å². The first-order valence-corrected chi connectivity index (χ1v) is 9.64. The van der Waals surface area contributed by atoms with Crippen LogP contribution in [0.25, 0.3) is 0 Å². The standard InChI is InChI=1S/C22H27ClN2O/c1-5-10-25-20-12-18(23)16(11-17(20)15(2)13-22(25,3)4)14-24-19-8-6-7-9-21(19)26/h6-9,11-12,14-15,26H,5,10,13H2,1-4H3. The molecule has 3 rings (SSSR count). The van der Waals surface area contributed by atoms with Crippen molar-refractivity contribution in [2.45, 2.75) is 52.0 Å². The van der Waals surface area contributed by atoms with E-state index < -0.39 is 0 Å². The smallest absolute Gasteiger partial charge is 0.141 e. The van der Waals surface area contributed by atoms with Crippen LogP contribution in [0.2, 0.25) is 5.02 Å². The van der Waals surface area contributed by atoms with Crippen molar-refractivity contribution in [3.63, 3.8) is 0 Å². The molecule has 0 amide bonds. The highest BCUT2D eigenvalue weighted by Gasteiger charge is 2.36. The van der Waals surface area contributed by atoms with Crippen LogP contribution in [-0.2, 0) is 0 Å². The maximum absolute atomic E-state index is 9.89. The molecule has 0 spiro atoms. The highest BCUT2D eigenvalue weighted by Crippen LogP contribution is 2.45. The average Bonchev–Trinajstić information content (AvgIpc) is 2.58. The molecule has 0 saturated carbocycles. The third-order valence-electron chi connectivity index (χ3n) is 5.18. The van der Waals surface area contributed by atoms with Gasteiger partial charge >= 0.3 is 0 Å². The Kier molecular flexibility index (Phi) is 5.29. The Morgan fingerprint density at radius 3 is 2.73 bits per heavy atom. The van der Waals surface area contributed by atoms with Gasteiger partial charge in [-0.3, -0.25) is 4.99 Å². The molecule has 2 aromatic carbocycles. The Hall–Kier alpha value is -2.00. The number of fused-ring (bicyclic) bond motifs is 1. The topological polar surface area (TPSA) is 35.8 Å². The second-order valence-corrected chi connectivity index (χ2v) is 8.16. The maximum Gasteiger partial charge on any atom is 0.141 e. The predicted molar refractivity (Wildman–Crippen MR) is 112 cm³/mol. The Morgan fingerprint density at radius 1 is 1.31 bits per heavy atom. The second-order valence-electron chi connectivity index (χ2n) is 7.75. The molecule has 0 radical (unpaired) electrons. The molecule has 26 heavy (non-hydrogen) atoms. The number of aliphatic imine (C=N–C) groups is 1. The van der Waals surface area contributed by atoms with Crippen LogP contribution in [0.15, 0.2) is 41.4 Å². The van der Waals surface area contributed by atoms with Crippen molar-refractivity contribution in [3.05, 3.63) is 52.5 Å². The summed E-state index contributed by atoms with van der Waals surface area (Å²) in [6, 6.07) is 11.3.